The van der Waals surface area contributed by atoms with E-state index >= 15 is 0 Å². The van der Waals surface area contributed by atoms with Gasteiger partial charge in [0.15, 0.2) is 0 Å². The van der Waals surface area contributed by atoms with Gasteiger partial charge in [0.25, 0.3) is 0 Å². The molecule has 0 aliphatic heterocycles. The van der Waals surface area contributed by atoms with Crippen molar-refractivity contribution in [2.45, 2.75) is 11.4 Å². The third-order valence-electron chi connectivity index (χ3n) is 2.48. The maximum absolute atomic E-state index is 12.2. The van der Waals surface area contributed by atoms with Crippen LogP contribution in [0.25, 0.3) is 0 Å². The van der Waals surface area contributed by atoms with Crippen LogP contribution >= 0.6 is 15.9 Å². The highest BCUT2D eigenvalue weighted by Crippen LogP contribution is 2.19. The molecule has 96 valence electrons. The number of hydrogen-bond donors (Lipinski definition) is 0. The molecule has 0 N–H and O–H groups in total. The predicted octanol–water partition coefficient (Wildman–Crippen LogP) is 2.86. The van der Waals surface area contributed by atoms with E-state index < -0.39 is 10.0 Å². The zero-order valence-electron chi connectivity index (χ0n) is 9.71. The molecule has 0 fully saturated rings. The Morgan fingerprint density at radius 3 is 2.44 bits per heavy atom. The average molecular weight is 330 g/mol. The van der Waals surface area contributed by atoms with E-state index in [4.69, 9.17) is 4.42 Å². The van der Waals surface area contributed by atoms with Crippen molar-refractivity contribution < 1.29 is 12.8 Å². The van der Waals surface area contributed by atoms with Gasteiger partial charge in [0, 0.05) is 11.5 Å². The molecule has 0 aliphatic carbocycles. The molecule has 0 bridgehead atoms. The van der Waals surface area contributed by atoms with Gasteiger partial charge in [-0.05, 0) is 36.4 Å². The molecule has 0 aliphatic rings. The predicted molar refractivity (Wildman–Crippen MR) is 71.5 cm³/mol. The van der Waals surface area contributed by atoms with Crippen molar-refractivity contribution in [3.63, 3.8) is 0 Å². The van der Waals surface area contributed by atoms with Crippen LogP contribution in [0.4, 0.5) is 0 Å². The summed E-state index contributed by atoms with van der Waals surface area (Å²) >= 11 is 3.27. The summed E-state index contributed by atoms with van der Waals surface area (Å²) in [5.74, 6) is 0.609. The molecular weight excluding hydrogens is 318 g/mol. The van der Waals surface area contributed by atoms with Gasteiger partial charge in [0.05, 0.1) is 17.7 Å². The summed E-state index contributed by atoms with van der Waals surface area (Å²) < 4.78 is 31.7. The van der Waals surface area contributed by atoms with Crippen LogP contribution in [0, 0.1) is 0 Å². The number of halogens is 1. The van der Waals surface area contributed by atoms with Gasteiger partial charge in [-0.15, -0.1) is 0 Å². The second-order valence-corrected chi connectivity index (χ2v) is 6.75. The van der Waals surface area contributed by atoms with E-state index in [9.17, 15) is 8.42 Å². The van der Waals surface area contributed by atoms with Crippen LogP contribution in [-0.2, 0) is 16.6 Å². The zero-order valence-corrected chi connectivity index (χ0v) is 12.1. The van der Waals surface area contributed by atoms with E-state index in [1.807, 2.05) is 0 Å². The molecule has 0 unspecified atom stereocenters. The van der Waals surface area contributed by atoms with Gasteiger partial charge < -0.3 is 4.42 Å². The van der Waals surface area contributed by atoms with Crippen LogP contribution in [0.15, 0.2) is 56.4 Å². The first-order valence-corrected chi connectivity index (χ1v) is 7.48. The summed E-state index contributed by atoms with van der Waals surface area (Å²) in [6, 6.07) is 10.0. The minimum atomic E-state index is -3.48. The van der Waals surface area contributed by atoms with E-state index in [0.29, 0.717) is 5.76 Å². The molecule has 6 heteroatoms. The highest BCUT2D eigenvalue weighted by Gasteiger charge is 2.21. The minimum Gasteiger partial charge on any atom is -0.468 e. The zero-order chi connectivity index (χ0) is 13.2. The highest BCUT2D eigenvalue weighted by molar-refractivity contribution is 9.10. The molecule has 1 aromatic carbocycles. The van der Waals surface area contributed by atoms with Crippen molar-refractivity contribution in [2.75, 3.05) is 7.05 Å². The Bertz CT molecular complexity index is 605. The Hall–Kier alpha value is -1.11. The fourth-order valence-corrected chi connectivity index (χ4v) is 2.89. The van der Waals surface area contributed by atoms with Crippen molar-refractivity contribution in [2.24, 2.45) is 0 Å². The summed E-state index contributed by atoms with van der Waals surface area (Å²) in [4.78, 5) is 0.264. The van der Waals surface area contributed by atoms with Crippen LogP contribution in [0.1, 0.15) is 5.76 Å². The van der Waals surface area contributed by atoms with Gasteiger partial charge in [-0.25, -0.2) is 8.42 Å². The minimum absolute atomic E-state index is 0.214. The number of rotatable bonds is 4. The lowest BCUT2D eigenvalue weighted by Crippen LogP contribution is -2.26. The first kappa shape index (κ1) is 13.3. The third-order valence-corrected chi connectivity index (χ3v) is 4.83. The van der Waals surface area contributed by atoms with Gasteiger partial charge in [-0.3, -0.25) is 0 Å². The summed E-state index contributed by atoms with van der Waals surface area (Å²) in [7, 11) is -1.95. The van der Waals surface area contributed by atoms with Crippen molar-refractivity contribution in [3.8, 4) is 0 Å². The lowest BCUT2D eigenvalue weighted by atomic mass is 10.4. The van der Waals surface area contributed by atoms with Gasteiger partial charge >= 0.3 is 0 Å². The van der Waals surface area contributed by atoms with Crippen LogP contribution in [0.2, 0.25) is 0 Å². The molecule has 0 saturated carbocycles. The molecular formula is C12H12BrNO3S. The van der Waals surface area contributed by atoms with Gasteiger partial charge in [-0.1, -0.05) is 15.9 Å². The first-order valence-electron chi connectivity index (χ1n) is 5.24. The molecule has 1 heterocycles. The SMILES string of the molecule is CN(Cc1ccco1)S(=O)(=O)c1ccc(Br)cc1. The number of furan rings is 1. The maximum Gasteiger partial charge on any atom is 0.243 e. The van der Waals surface area contributed by atoms with Gasteiger partial charge in [0.1, 0.15) is 5.76 Å². The Balaban J connectivity index is 2.22. The third kappa shape index (κ3) is 2.82. The normalized spacial score (nSPS) is 11.9. The second-order valence-electron chi connectivity index (χ2n) is 3.79. The van der Waals surface area contributed by atoms with Crippen molar-refractivity contribution in [1.29, 1.82) is 0 Å². The van der Waals surface area contributed by atoms with Crippen molar-refractivity contribution in [1.82, 2.24) is 4.31 Å². The van der Waals surface area contributed by atoms with E-state index in [1.54, 1.807) is 36.4 Å². The molecule has 4 nitrogen and oxygen atoms in total. The van der Waals surface area contributed by atoms with E-state index in [0.717, 1.165) is 4.47 Å². The van der Waals surface area contributed by atoms with Crippen LogP contribution in [0.5, 0.6) is 0 Å². The lowest BCUT2D eigenvalue weighted by molar-refractivity contribution is 0.406. The molecule has 2 aromatic rings. The fraction of sp³-hybridized carbons (Fsp3) is 0.167. The first-order chi connectivity index (χ1) is 8.50. The summed E-state index contributed by atoms with van der Waals surface area (Å²) in [5, 5.41) is 0. The molecule has 18 heavy (non-hydrogen) atoms. The highest BCUT2D eigenvalue weighted by atomic mass is 79.9. The second kappa shape index (κ2) is 5.26. The Labute approximate surface area is 114 Å². The smallest absolute Gasteiger partial charge is 0.243 e. The maximum atomic E-state index is 12.2. The molecule has 0 spiro atoms. The standard InChI is InChI=1S/C12H12BrNO3S/c1-14(9-11-3-2-8-17-11)18(15,16)12-6-4-10(13)5-7-12/h2-8H,9H2,1H3. The van der Waals surface area contributed by atoms with Crippen LogP contribution in [0.3, 0.4) is 0 Å². The number of sulfonamides is 1. The summed E-state index contributed by atoms with van der Waals surface area (Å²) in [6.45, 7) is 0.214. The summed E-state index contributed by atoms with van der Waals surface area (Å²) in [5.41, 5.74) is 0. The molecule has 0 radical (unpaired) electrons. The molecule has 0 atom stereocenters. The van der Waals surface area contributed by atoms with E-state index in [1.165, 1.54) is 17.6 Å². The van der Waals surface area contributed by atoms with Gasteiger partial charge in [-0.2, -0.15) is 4.31 Å². The average Bonchev–Trinajstić information content (AvgIpc) is 2.82. The fourth-order valence-electron chi connectivity index (χ4n) is 1.49. The van der Waals surface area contributed by atoms with Crippen molar-refractivity contribution in [3.05, 3.63) is 52.9 Å². The number of hydrogen-bond acceptors (Lipinski definition) is 3. The van der Waals surface area contributed by atoms with Gasteiger partial charge in [0.2, 0.25) is 10.0 Å². The lowest BCUT2D eigenvalue weighted by Gasteiger charge is -2.15. The Kier molecular flexibility index (Phi) is 3.89. The number of benzene rings is 1. The number of nitrogens with zero attached hydrogens (tertiary/aromatic N) is 1. The molecule has 1 aromatic heterocycles. The topological polar surface area (TPSA) is 50.5 Å². The Morgan fingerprint density at radius 1 is 1.22 bits per heavy atom. The molecule has 0 saturated heterocycles. The van der Waals surface area contributed by atoms with E-state index in [-0.39, 0.29) is 11.4 Å². The van der Waals surface area contributed by atoms with Crippen LogP contribution in [-0.4, -0.2) is 19.8 Å². The van der Waals surface area contributed by atoms with Crippen LogP contribution < -0.4 is 0 Å². The van der Waals surface area contributed by atoms with Crippen molar-refractivity contribution >= 4 is 26.0 Å². The monoisotopic (exact) mass is 329 g/mol. The van der Waals surface area contributed by atoms with E-state index in [2.05, 4.69) is 15.9 Å². The Morgan fingerprint density at radius 2 is 1.89 bits per heavy atom. The molecule has 2 rings (SSSR count). The summed E-state index contributed by atoms with van der Waals surface area (Å²) in [6.07, 6.45) is 1.52. The molecule has 0 amide bonds. The largest absolute Gasteiger partial charge is 0.468 e. The quantitative estimate of drug-likeness (QED) is 0.866.